The smallest absolute Gasteiger partial charge is 0.257 e. The second-order valence-corrected chi connectivity index (χ2v) is 9.31. The standard InChI is InChI=1S/C25H25N3O4S/c1-2-3-4-15-5-8-17(9-6-15)26-24(30)18-10-12-21-22(18)27-25(33-21)28-23(29)16-7-11-19-20(13-16)32-14-31-19/h5-9,11,13,18H,2-4,10,12,14H2,1H3,(H,26,30)(H,27,28,29). The molecule has 1 aliphatic heterocycles. The van der Waals surface area contributed by atoms with Gasteiger partial charge < -0.3 is 14.8 Å². The lowest BCUT2D eigenvalue weighted by molar-refractivity contribution is -0.117. The van der Waals surface area contributed by atoms with Crippen LogP contribution >= 0.6 is 11.3 Å². The maximum Gasteiger partial charge on any atom is 0.257 e. The number of fused-ring (bicyclic) bond motifs is 2. The predicted octanol–water partition coefficient (Wildman–Crippen LogP) is 5.14. The summed E-state index contributed by atoms with van der Waals surface area (Å²) in [6.45, 7) is 2.34. The summed E-state index contributed by atoms with van der Waals surface area (Å²) in [5, 5.41) is 6.37. The van der Waals surface area contributed by atoms with Crippen LogP contribution in [0, 0.1) is 0 Å². The minimum absolute atomic E-state index is 0.0611. The highest BCUT2D eigenvalue weighted by molar-refractivity contribution is 7.16. The molecule has 2 aromatic carbocycles. The average Bonchev–Trinajstić information content (AvgIpc) is 3.53. The number of carbonyl (C=O) groups excluding carboxylic acids is 2. The van der Waals surface area contributed by atoms with Crippen LogP contribution in [0.25, 0.3) is 0 Å². The first-order valence-electron chi connectivity index (χ1n) is 11.2. The highest BCUT2D eigenvalue weighted by Crippen LogP contribution is 2.39. The van der Waals surface area contributed by atoms with E-state index in [1.165, 1.54) is 16.9 Å². The highest BCUT2D eigenvalue weighted by atomic mass is 32.1. The number of unbranched alkanes of at least 4 members (excludes halogenated alkanes) is 1. The monoisotopic (exact) mass is 463 g/mol. The van der Waals surface area contributed by atoms with E-state index in [-0.39, 0.29) is 24.5 Å². The summed E-state index contributed by atoms with van der Waals surface area (Å²) in [7, 11) is 0. The fourth-order valence-electron chi connectivity index (χ4n) is 4.11. The van der Waals surface area contributed by atoms with Crippen LogP contribution in [0.5, 0.6) is 11.5 Å². The van der Waals surface area contributed by atoms with Crippen molar-refractivity contribution in [1.82, 2.24) is 4.98 Å². The van der Waals surface area contributed by atoms with Crippen LogP contribution in [-0.4, -0.2) is 23.6 Å². The Balaban J connectivity index is 1.23. The van der Waals surface area contributed by atoms with Gasteiger partial charge in [-0.1, -0.05) is 25.5 Å². The minimum atomic E-state index is -0.313. The molecule has 2 heterocycles. The lowest BCUT2D eigenvalue weighted by Crippen LogP contribution is -2.20. The van der Waals surface area contributed by atoms with Gasteiger partial charge >= 0.3 is 0 Å². The van der Waals surface area contributed by atoms with Gasteiger partial charge in [0.05, 0.1) is 11.6 Å². The largest absolute Gasteiger partial charge is 0.454 e. The lowest BCUT2D eigenvalue weighted by Gasteiger charge is -2.11. The van der Waals surface area contributed by atoms with Crippen molar-refractivity contribution < 1.29 is 19.1 Å². The number of nitrogens with one attached hydrogen (secondary N) is 2. The molecular weight excluding hydrogens is 438 g/mol. The normalized spacial score (nSPS) is 15.8. The molecule has 2 N–H and O–H groups in total. The van der Waals surface area contributed by atoms with Crippen molar-refractivity contribution in [2.24, 2.45) is 0 Å². The molecule has 1 aromatic heterocycles. The van der Waals surface area contributed by atoms with Crippen molar-refractivity contribution >= 4 is 34.0 Å². The van der Waals surface area contributed by atoms with Crippen LogP contribution in [0.15, 0.2) is 42.5 Å². The molecule has 7 nitrogen and oxygen atoms in total. The van der Waals surface area contributed by atoms with Crippen molar-refractivity contribution in [3.05, 3.63) is 64.2 Å². The zero-order valence-electron chi connectivity index (χ0n) is 18.3. The summed E-state index contributed by atoms with van der Waals surface area (Å²) in [6.07, 6.45) is 4.88. The zero-order valence-corrected chi connectivity index (χ0v) is 19.2. The molecule has 0 fully saturated rings. The summed E-state index contributed by atoms with van der Waals surface area (Å²) in [4.78, 5) is 31.2. The van der Waals surface area contributed by atoms with Crippen molar-refractivity contribution in [3.8, 4) is 11.5 Å². The molecule has 0 spiro atoms. The lowest BCUT2D eigenvalue weighted by atomic mass is 10.1. The minimum Gasteiger partial charge on any atom is -0.454 e. The molecule has 1 aliphatic carbocycles. The molecule has 170 valence electrons. The topological polar surface area (TPSA) is 89.6 Å². The summed E-state index contributed by atoms with van der Waals surface area (Å²) in [5.41, 5.74) is 3.30. The third-order valence-electron chi connectivity index (χ3n) is 5.93. The number of carbonyl (C=O) groups is 2. The molecule has 5 rings (SSSR count). The van der Waals surface area contributed by atoms with E-state index in [1.807, 2.05) is 12.1 Å². The van der Waals surface area contributed by atoms with Gasteiger partial charge in [-0.3, -0.25) is 14.9 Å². The molecule has 0 bridgehead atoms. The van der Waals surface area contributed by atoms with Crippen LogP contribution in [0.3, 0.4) is 0 Å². The molecule has 1 atom stereocenters. The number of ether oxygens (including phenoxy) is 2. The van der Waals surface area contributed by atoms with E-state index < -0.39 is 0 Å². The Morgan fingerprint density at radius 3 is 2.73 bits per heavy atom. The average molecular weight is 464 g/mol. The van der Waals surface area contributed by atoms with Gasteiger partial charge in [0, 0.05) is 16.1 Å². The number of aromatic nitrogens is 1. The van der Waals surface area contributed by atoms with Crippen LogP contribution in [0.4, 0.5) is 10.8 Å². The summed E-state index contributed by atoms with van der Waals surface area (Å²) in [5.74, 6) is 0.537. The molecule has 2 amide bonds. The molecule has 1 unspecified atom stereocenters. The Hall–Kier alpha value is -3.39. The van der Waals surface area contributed by atoms with Crippen molar-refractivity contribution in [2.75, 3.05) is 17.4 Å². The number of thiazole rings is 1. The van der Waals surface area contributed by atoms with Gasteiger partial charge in [0.25, 0.3) is 5.91 Å². The third-order valence-corrected chi connectivity index (χ3v) is 6.98. The number of aryl methyl sites for hydroxylation is 2. The number of hydrogen-bond acceptors (Lipinski definition) is 6. The van der Waals surface area contributed by atoms with Crippen LogP contribution < -0.4 is 20.1 Å². The second kappa shape index (κ2) is 9.23. The van der Waals surface area contributed by atoms with Gasteiger partial charge in [-0.15, -0.1) is 11.3 Å². The maximum absolute atomic E-state index is 12.9. The fraction of sp³-hybridized carbons (Fsp3) is 0.320. The SMILES string of the molecule is CCCCc1ccc(NC(=O)C2CCc3sc(NC(=O)c4ccc5c(c4)OCO5)nc32)cc1. The molecule has 33 heavy (non-hydrogen) atoms. The quantitative estimate of drug-likeness (QED) is 0.507. The predicted molar refractivity (Wildman–Crippen MR) is 127 cm³/mol. The molecule has 0 saturated heterocycles. The van der Waals surface area contributed by atoms with E-state index in [0.29, 0.717) is 22.2 Å². The fourth-order valence-corrected chi connectivity index (χ4v) is 5.14. The Labute approximate surface area is 196 Å². The van der Waals surface area contributed by atoms with Crippen molar-refractivity contribution in [2.45, 2.75) is 44.9 Å². The molecule has 0 saturated carbocycles. The highest BCUT2D eigenvalue weighted by Gasteiger charge is 2.33. The van der Waals surface area contributed by atoms with Crippen LogP contribution in [0.2, 0.25) is 0 Å². The van der Waals surface area contributed by atoms with Crippen molar-refractivity contribution in [3.63, 3.8) is 0 Å². The number of rotatable bonds is 7. The third kappa shape index (κ3) is 4.57. The molecule has 3 aromatic rings. The summed E-state index contributed by atoms with van der Waals surface area (Å²) >= 11 is 1.43. The van der Waals surface area contributed by atoms with Gasteiger partial charge in [-0.2, -0.15) is 0 Å². The number of amides is 2. The van der Waals surface area contributed by atoms with Crippen LogP contribution in [0.1, 0.15) is 58.6 Å². The molecular formula is C25H25N3O4S. The first kappa shape index (κ1) is 21.5. The van der Waals surface area contributed by atoms with E-state index in [2.05, 4.69) is 34.7 Å². The number of anilines is 2. The second-order valence-electron chi connectivity index (χ2n) is 8.23. The van der Waals surface area contributed by atoms with Gasteiger partial charge in [0.1, 0.15) is 0 Å². The summed E-state index contributed by atoms with van der Waals surface area (Å²) < 4.78 is 10.6. The van der Waals surface area contributed by atoms with Crippen LogP contribution in [-0.2, 0) is 17.6 Å². The number of hydrogen-bond donors (Lipinski definition) is 2. The molecule has 2 aliphatic rings. The number of nitrogens with zero attached hydrogens (tertiary/aromatic N) is 1. The van der Waals surface area contributed by atoms with E-state index >= 15 is 0 Å². The van der Waals surface area contributed by atoms with Gasteiger partial charge in [-0.25, -0.2) is 4.98 Å². The van der Waals surface area contributed by atoms with Gasteiger partial charge in [0.2, 0.25) is 12.7 Å². The van der Waals surface area contributed by atoms with E-state index in [4.69, 9.17) is 9.47 Å². The van der Waals surface area contributed by atoms with Gasteiger partial charge in [-0.05, 0) is 61.6 Å². The Morgan fingerprint density at radius 1 is 1.09 bits per heavy atom. The van der Waals surface area contributed by atoms with Gasteiger partial charge in [0.15, 0.2) is 16.6 Å². The Bertz CT molecular complexity index is 1190. The zero-order chi connectivity index (χ0) is 22.8. The van der Waals surface area contributed by atoms with E-state index in [9.17, 15) is 9.59 Å². The first-order chi connectivity index (χ1) is 16.1. The summed E-state index contributed by atoms with van der Waals surface area (Å²) in [6, 6.07) is 13.1. The Kier molecular flexibility index (Phi) is 6.00. The van der Waals surface area contributed by atoms with Crippen molar-refractivity contribution in [1.29, 1.82) is 0 Å². The maximum atomic E-state index is 12.9. The Morgan fingerprint density at radius 2 is 1.91 bits per heavy atom. The number of benzene rings is 2. The van der Waals surface area contributed by atoms with E-state index in [0.717, 1.165) is 48.4 Å². The first-order valence-corrected chi connectivity index (χ1v) is 12.0. The van der Waals surface area contributed by atoms with E-state index in [1.54, 1.807) is 18.2 Å². The molecule has 8 heteroatoms. The molecule has 0 radical (unpaired) electrons.